The molecule has 1 aromatic carbocycles. The average molecular weight is 428 g/mol. The van der Waals surface area contributed by atoms with E-state index in [0.29, 0.717) is 32.7 Å². The van der Waals surface area contributed by atoms with E-state index in [4.69, 9.17) is 4.74 Å². The number of unbranched alkanes of at least 4 members (excludes halogenated alkanes) is 1. The van der Waals surface area contributed by atoms with Crippen LogP contribution in [0.2, 0.25) is 0 Å². The third kappa shape index (κ3) is 7.24. The van der Waals surface area contributed by atoms with Crippen LogP contribution in [0.25, 0.3) is 0 Å². The second kappa shape index (κ2) is 13.0. The molecule has 2 amide bonds. The topological polar surface area (TPSA) is 54.8 Å². The third-order valence-electron chi connectivity index (χ3n) is 5.65. The van der Waals surface area contributed by atoms with Crippen LogP contribution in [0.15, 0.2) is 48.7 Å². The molecule has 1 heterocycles. The SMILES string of the molecule is CCCCN(CC(=O)N(CCOC)Cc1cccn1C)C(=O)[C@@H](CC)c1ccccc1. The van der Waals surface area contributed by atoms with Gasteiger partial charge < -0.3 is 19.1 Å². The fourth-order valence-corrected chi connectivity index (χ4v) is 3.69. The molecule has 0 saturated carbocycles. The summed E-state index contributed by atoms with van der Waals surface area (Å²) in [6, 6.07) is 13.8. The van der Waals surface area contributed by atoms with Crippen molar-refractivity contribution in [1.29, 1.82) is 0 Å². The number of carbonyl (C=O) groups excluding carboxylic acids is 2. The zero-order chi connectivity index (χ0) is 22.6. The first-order valence-corrected chi connectivity index (χ1v) is 11.2. The lowest BCUT2D eigenvalue weighted by atomic mass is 9.95. The number of hydrogen-bond donors (Lipinski definition) is 0. The van der Waals surface area contributed by atoms with E-state index in [1.165, 1.54) is 0 Å². The normalized spacial score (nSPS) is 11.9. The fraction of sp³-hybridized carbons (Fsp3) is 0.520. The van der Waals surface area contributed by atoms with Crippen LogP contribution in [0.5, 0.6) is 0 Å². The lowest BCUT2D eigenvalue weighted by Crippen LogP contribution is -2.45. The number of nitrogens with zero attached hydrogens (tertiary/aromatic N) is 3. The van der Waals surface area contributed by atoms with E-state index in [-0.39, 0.29) is 24.3 Å². The van der Waals surface area contributed by atoms with E-state index in [0.717, 1.165) is 24.1 Å². The molecule has 0 aliphatic heterocycles. The van der Waals surface area contributed by atoms with Gasteiger partial charge in [-0.1, -0.05) is 50.6 Å². The van der Waals surface area contributed by atoms with Crippen molar-refractivity contribution in [2.75, 3.05) is 33.4 Å². The Morgan fingerprint density at radius 3 is 2.35 bits per heavy atom. The van der Waals surface area contributed by atoms with Gasteiger partial charge in [0.15, 0.2) is 0 Å². The first kappa shape index (κ1) is 24.7. The van der Waals surface area contributed by atoms with Crippen molar-refractivity contribution in [1.82, 2.24) is 14.4 Å². The third-order valence-corrected chi connectivity index (χ3v) is 5.65. The molecule has 0 aliphatic carbocycles. The molecule has 0 bridgehead atoms. The number of benzene rings is 1. The molecule has 0 aliphatic rings. The number of rotatable bonds is 13. The number of amides is 2. The maximum absolute atomic E-state index is 13.5. The van der Waals surface area contributed by atoms with Gasteiger partial charge in [0, 0.05) is 39.1 Å². The highest BCUT2D eigenvalue weighted by Gasteiger charge is 2.27. The number of carbonyl (C=O) groups is 2. The van der Waals surface area contributed by atoms with E-state index in [1.807, 2.05) is 67.2 Å². The van der Waals surface area contributed by atoms with E-state index in [1.54, 1.807) is 16.9 Å². The zero-order valence-corrected chi connectivity index (χ0v) is 19.4. The van der Waals surface area contributed by atoms with Crippen molar-refractivity contribution in [3.8, 4) is 0 Å². The van der Waals surface area contributed by atoms with E-state index in [2.05, 4.69) is 6.92 Å². The Morgan fingerprint density at radius 2 is 1.77 bits per heavy atom. The molecule has 1 atom stereocenters. The molecule has 6 nitrogen and oxygen atoms in total. The Bertz CT molecular complexity index is 803. The quantitative estimate of drug-likeness (QED) is 0.488. The number of aryl methyl sites for hydroxylation is 1. The number of hydrogen-bond acceptors (Lipinski definition) is 3. The highest BCUT2D eigenvalue weighted by atomic mass is 16.5. The smallest absolute Gasteiger partial charge is 0.242 e. The van der Waals surface area contributed by atoms with E-state index >= 15 is 0 Å². The molecule has 31 heavy (non-hydrogen) atoms. The fourth-order valence-electron chi connectivity index (χ4n) is 3.69. The van der Waals surface area contributed by atoms with Gasteiger partial charge in [-0.2, -0.15) is 0 Å². The van der Waals surface area contributed by atoms with Crippen molar-refractivity contribution in [2.45, 2.75) is 45.6 Å². The van der Waals surface area contributed by atoms with E-state index in [9.17, 15) is 9.59 Å². The standard InChI is InChI=1S/C25H37N3O3/c1-5-7-16-28(25(30)23(6-2)21-12-9-8-10-13-21)20-24(29)27(17-18-31-4)19-22-14-11-15-26(22)3/h8-15,23H,5-7,16-20H2,1-4H3/t23-/m0/s1. The molecule has 6 heteroatoms. The van der Waals surface area contributed by atoms with Crippen molar-refractivity contribution in [2.24, 2.45) is 7.05 Å². The Hall–Kier alpha value is -2.60. The van der Waals surface area contributed by atoms with Gasteiger partial charge >= 0.3 is 0 Å². The van der Waals surface area contributed by atoms with E-state index < -0.39 is 0 Å². The first-order chi connectivity index (χ1) is 15.0. The van der Waals surface area contributed by atoms with Crippen LogP contribution in [-0.4, -0.2) is 59.5 Å². The Kier molecular flexibility index (Phi) is 10.3. The molecule has 170 valence electrons. The summed E-state index contributed by atoms with van der Waals surface area (Å²) in [5, 5.41) is 0. The van der Waals surface area contributed by atoms with Gasteiger partial charge in [-0.3, -0.25) is 9.59 Å². The minimum atomic E-state index is -0.230. The predicted molar refractivity (Wildman–Crippen MR) is 124 cm³/mol. The van der Waals surface area contributed by atoms with Crippen molar-refractivity contribution in [3.05, 3.63) is 59.9 Å². The molecular weight excluding hydrogens is 390 g/mol. The molecule has 0 radical (unpaired) electrons. The number of aromatic nitrogens is 1. The van der Waals surface area contributed by atoms with Crippen molar-refractivity contribution < 1.29 is 14.3 Å². The average Bonchev–Trinajstić information content (AvgIpc) is 3.19. The second-order valence-electron chi connectivity index (χ2n) is 7.90. The molecular formula is C25H37N3O3. The van der Waals surface area contributed by atoms with Gasteiger partial charge in [0.25, 0.3) is 0 Å². The molecule has 0 saturated heterocycles. The van der Waals surface area contributed by atoms with Gasteiger partial charge in [0.05, 0.1) is 25.6 Å². The van der Waals surface area contributed by atoms with Crippen molar-refractivity contribution in [3.63, 3.8) is 0 Å². The number of methoxy groups -OCH3 is 1. The maximum Gasteiger partial charge on any atom is 0.242 e. The van der Waals surface area contributed by atoms with Crippen LogP contribution < -0.4 is 0 Å². The molecule has 2 aromatic rings. The molecule has 0 N–H and O–H groups in total. The Labute approximate surface area is 186 Å². The summed E-state index contributed by atoms with van der Waals surface area (Å²) in [6.45, 7) is 6.25. The maximum atomic E-state index is 13.5. The van der Waals surface area contributed by atoms with Gasteiger partial charge in [0.1, 0.15) is 0 Å². The molecule has 0 spiro atoms. The van der Waals surface area contributed by atoms with Crippen LogP contribution in [0, 0.1) is 0 Å². The van der Waals surface area contributed by atoms with Crippen LogP contribution in [0.3, 0.4) is 0 Å². The molecule has 0 unspecified atom stereocenters. The Morgan fingerprint density at radius 1 is 1.03 bits per heavy atom. The lowest BCUT2D eigenvalue weighted by molar-refractivity contribution is -0.142. The highest BCUT2D eigenvalue weighted by molar-refractivity contribution is 5.88. The summed E-state index contributed by atoms with van der Waals surface area (Å²) >= 11 is 0. The van der Waals surface area contributed by atoms with Gasteiger partial charge in [0.2, 0.25) is 11.8 Å². The summed E-state index contributed by atoms with van der Waals surface area (Å²) in [7, 11) is 3.60. The molecule has 1 aromatic heterocycles. The van der Waals surface area contributed by atoms with Crippen LogP contribution >= 0.6 is 0 Å². The van der Waals surface area contributed by atoms with Crippen LogP contribution in [0.4, 0.5) is 0 Å². The first-order valence-electron chi connectivity index (χ1n) is 11.2. The summed E-state index contributed by atoms with van der Waals surface area (Å²) in [4.78, 5) is 30.3. The molecule has 0 fully saturated rings. The van der Waals surface area contributed by atoms with Crippen LogP contribution in [-0.2, 0) is 27.9 Å². The van der Waals surface area contributed by atoms with Gasteiger partial charge in [-0.05, 0) is 30.5 Å². The predicted octanol–water partition coefficient (Wildman–Crippen LogP) is 3.82. The zero-order valence-electron chi connectivity index (χ0n) is 19.4. The largest absolute Gasteiger partial charge is 0.383 e. The lowest BCUT2D eigenvalue weighted by Gasteiger charge is -2.30. The summed E-state index contributed by atoms with van der Waals surface area (Å²) in [5.74, 6) is -0.252. The van der Waals surface area contributed by atoms with Crippen LogP contribution in [0.1, 0.15) is 50.3 Å². The van der Waals surface area contributed by atoms with Gasteiger partial charge in [-0.15, -0.1) is 0 Å². The minimum Gasteiger partial charge on any atom is -0.383 e. The summed E-state index contributed by atoms with van der Waals surface area (Å²) in [5.41, 5.74) is 2.05. The second-order valence-corrected chi connectivity index (χ2v) is 7.90. The monoisotopic (exact) mass is 427 g/mol. The number of ether oxygens (including phenoxy) is 1. The summed E-state index contributed by atoms with van der Waals surface area (Å²) < 4.78 is 7.23. The Balaban J connectivity index is 2.18. The highest BCUT2D eigenvalue weighted by Crippen LogP contribution is 2.22. The summed E-state index contributed by atoms with van der Waals surface area (Å²) in [6.07, 6.45) is 4.52. The molecule has 2 rings (SSSR count). The van der Waals surface area contributed by atoms with Gasteiger partial charge in [-0.25, -0.2) is 0 Å². The minimum absolute atomic E-state index is 0.0288. The van der Waals surface area contributed by atoms with Crippen molar-refractivity contribution >= 4 is 11.8 Å².